The Labute approximate surface area is 132 Å². The van der Waals surface area contributed by atoms with Gasteiger partial charge in [0.1, 0.15) is 4.38 Å². The molecule has 21 heavy (non-hydrogen) atoms. The molecule has 0 fully saturated rings. The number of amides is 1. The number of nitrogens with one attached hydrogen (secondary N) is 1. The summed E-state index contributed by atoms with van der Waals surface area (Å²) in [6.45, 7) is 0.913. The molecule has 3 nitrogen and oxygen atoms in total. The van der Waals surface area contributed by atoms with Crippen LogP contribution in [0.5, 0.6) is 0 Å². The molecule has 0 unspecified atom stereocenters. The smallest absolute Gasteiger partial charge is 0.225 e. The van der Waals surface area contributed by atoms with Gasteiger partial charge in [0.15, 0.2) is 0 Å². The zero-order valence-electron chi connectivity index (χ0n) is 11.5. The average Bonchev–Trinajstić information content (AvgIpc) is 3.00. The Hall–Kier alpha value is -1.46. The molecule has 0 radical (unpaired) electrons. The predicted molar refractivity (Wildman–Crippen MR) is 94.4 cm³/mol. The van der Waals surface area contributed by atoms with E-state index in [1.165, 1.54) is 5.39 Å². The minimum Gasteiger partial charge on any atom is -0.326 e. The Bertz CT molecular complexity index is 685. The van der Waals surface area contributed by atoms with Gasteiger partial charge in [-0.1, -0.05) is 53.9 Å². The maximum absolute atomic E-state index is 12.0. The van der Waals surface area contributed by atoms with Crippen LogP contribution in [-0.2, 0) is 4.79 Å². The van der Waals surface area contributed by atoms with Gasteiger partial charge >= 0.3 is 0 Å². The summed E-state index contributed by atoms with van der Waals surface area (Å²) in [5.74, 6) is 1.91. The zero-order chi connectivity index (χ0) is 14.5. The number of rotatable bonds is 4. The first-order valence-corrected chi connectivity index (χ1v) is 8.87. The SMILES string of the molecule is O=C(CCSC1=NCCS1)Nc1ccc2ccccc2c1. The maximum atomic E-state index is 12.0. The number of hydrogen-bond acceptors (Lipinski definition) is 4. The summed E-state index contributed by atoms with van der Waals surface area (Å²) in [6.07, 6.45) is 0.511. The van der Waals surface area contributed by atoms with Gasteiger partial charge in [0, 0.05) is 23.6 Å². The monoisotopic (exact) mass is 316 g/mol. The van der Waals surface area contributed by atoms with E-state index in [4.69, 9.17) is 0 Å². The highest BCUT2D eigenvalue weighted by molar-refractivity contribution is 8.39. The first-order chi connectivity index (χ1) is 10.3. The number of nitrogens with zero attached hydrogens (tertiary/aromatic N) is 1. The molecule has 0 saturated carbocycles. The Balaban J connectivity index is 1.53. The van der Waals surface area contributed by atoms with Gasteiger partial charge in [0.25, 0.3) is 0 Å². The molecule has 0 aliphatic carbocycles. The van der Waals surface area contributed by atoms with Crippen LogP contribution in [0.25, 0.3) is 10.8 Å². The summed E-state index contributed by atoms with van der Waals surface area (Å²) in [6, 6.07) is 14.1. The molecule has 1 amide bonds. The minimum absolute atomic E-state index is 0.0568. The van der Waals surface area contributed by atoms with Crippen molar-refractivity contribution in [3.05, 3.63) is 42.5 Å². The van der Waals surface area contributed by atoms with Crippen molar-refractivity contribution in [1.82, 2.24) is 0 Å². The number of fused-ring (bicyclic) bond motifs is 1. The number of hydrogen-bond donors (Lipinski definition) is 1. The topological polar surface area (TPSA) is 41.5 Å². The van der Waals surface area contributed by atoms with Crippen molar-refractivity contribution in [2.45, 2.75) is 6.42 Å². The molecule has 3 rings (SSSR count). The summed E-state index contributed by atoms with van der Waals surface area (Å²) in [5.41, 5.74) is 0.858. The summed E-state index contributed by atoms with van der Waals surface area (Å²) in [4.78, 5) is 16.3. The highest BCUT2D eigenvalue weighted by Gasteiger charge is 2.09. The molecule has 108 valence electrons. The number of anilines is 1. The summed E-state index contributed by atoms with van der Waals surface area (Å²) < 4.78 is 1.12. The summed E-state index contributed by atoms with van der Waals surface area (Å²) in [5, 5.41) is 5.28. The third kappa shape index (κ3) is 4.02. The number of thioether (sulfide) groups is 2. The fraction of sp³-hybridized carbons (Fsp3) is 0.250. The minimum atomic E-state index is 0.0568. The van der Waals surface area contributed by atoms with E-state index >= 15 is 0 Å². The van der Waals surface area contributed by atoms with Crippen molar-refractivity contribution in [2.24, 2.45) is 4.99 Å². The zero-order valence-corrected chi connectivity index (χ0v) is 13.2. The van der Waals surface area contributed by atoms with Crippen LogP contribution in [0.1, 0.15) is 6.42 Å². The number of carbonyl (C=O) groups is 1. The Morgan fingerprint density at radius 1 is 1.24 bits per heavy atom. The number of aliphatic imine (C=N–C) groups is 1. The van der Waals surface area contributed by atoms with Gasteiger partial charge < -0.3 is 5.32 Å². The van der Waals surface area contributed by atoms with Crippen molar-refractivity contribution in [2.75, 3.05) is 23.4 Å². The van der Waals surface area contributed by atoms with Crippen molar-refractivity contribution >= 4 is 50.3 Å². The molecule has 0 saturated heterocycles. The number of carbonyl (C=O) groups excluding carboxylic acids is 1. The first kappa shape index (κ1) is 14.5. The lowest BCUT2D eigenvalue weighted by atomic mass is 10.1. The van der Waals surface area contributed by atoms with Crippen LogP contribution >= 0.6 is 23.5 Å². The molecule has 1 heterocycles. The Morgan fingerprint density at radius 3 is 2.90 bits per heavy atom. The molecule has 0 bridgehead atoms. The Kier molecular flexibility index (Phi) is 4.83. The fourth-order valence-electron chi connectivity index (χ4n) is 2.12. The van der Waals surface area contributed by atoms with E-state index in [-0.39, 0.29) is 5.91 Å². The summed E-state index contributed by atoms with van der Waals surface area (Å²) >= 11 is 3.46. The van der Waals surface area contributed by atoms with Crippen LogP contribution in [0.15, 0.2) is 47.5 Å². The highest BCUT2D eigenvalue weighted by Crippen LogP contribution is 2.23. The van der Waals surface area contributed by atoms with Gasteiger partial charge in [-0.05, 0) is 22.9 Å². The van der Waals surface area contributed by atoms with E-state index < -0.39 is 0 Å². The van der Waals surface area contributed by atoms with E-state index in [2.05, 4.69) is 22.4 Å². The quantitative estimate of drug-likeness (QED) is 0.927. The van der Waals surface area contributed by atoms with Gasteiger partial charge in [-0.15, -0.1) is 0 Å². The maximum Gasteiger partial charge on any atom is 0.225 e. The van der Waals surface area contributed by atoms with Crippen LogP contribution in [-0.4, -0.2) is 28.3 Å². The van der Waals surface area contributed by atoms with Crippen LogP contribution in [0.2, 0.25) is 0 Å². The van der Waals surface area contributed by atoms with Crippen molar-refractivity contribution < 1.29 is 4.79 Å². The molecular weight excluding hydrogens is 300 g/mol. The third-order valence-corrected chi connectivity index (χ3v) is 5.40. The van der Waals surface area contributed by atoms with Crippen molar-refractivity contribution in [3.8, 4) is 0 Å². The highest BCUT2D eigenvalue weighted by atomic mass is 32.2. The van der Waals surface area contributed by atoms with Gasteiger partial charge in [-0.3, -0.25) is 9.79 Å². The predicted octanol–water partition coefficient (Wildman–Crippen LogP) is 4.00. The van der Waals surface area contributed by atoms with E-state index in [9.17, 15) is 4.79 Å². The third-order valence-electron chi connectivity index (χ3n) is 3.15. The molecule has 2 aromatic rings. The van der Waals surface area contributed by atoms with Crippen molar-refractivity contribution in [1.29, 1.82) is 0 Å². The van der Waals surface area contributed by atoms with E-state index in [1.807, 2.05) is 30.3 Å². The second kappa shape index (κ2) is 7.00. The second-order valence-corrected chi connectivity index (χ2v) is 7.13. The van der Waals surface area contributed by atoms with Crippen LogP contribution < -0.4 is 5.32 Å². The lowest BCUT2D eigenvalue weighted by Gasteiger charge is -2.06. The molecule has 0 spiro atoms. The van der Waals surface area contributed by atoms with E-state index in [1.54, 1.807) is 23.5 Å². The molecule has 0 aromatic heterocycles. The van der Waals surface area contributed by atoms with E-state index in [0.717, 1.165) is 33.5 Å². The standard InChI is InChI=1S/C16H16N2OS2/c19-15(7-9-20-16-17-8-10-21-16)18-14-6-5-12-3-1-2-4-13(12)11-14/h1-6,11H,7-10H2,(H,18,19). The van der Waals surface area contributed by atoms with Gasteiger partial charge in [0.2, 0.25) is 5.91 Å². The lowest BCUT2D eigenvalue weighted by Crippen LogP contribution is -2.12. The molecule has 1 aliphatic rings. The molecule has 1 N–H and O–H groups in total. The van der Waals surface area contributed by atoms with Crippen molar-refractivity contribution in [3.63, 3.8) is 0 Å². The normalized spacial score (nSPS) is 14.2. The second-order valence-electron chi connectivity index (χ2n) is 4.70. The van der Waals surface area contributed by atoms with E-state index in [0.29, 0.717) is 6.42 Å². The molecular formula is C16H16N2OS2. The fourth-order valence-corrected chi connectivity index (χ4v) is 4.14. The first-order valence-electron chi connectivity index (χ1n) is 6.90. The Morgan fingerprint density at radius 2 is 2.10 bits per heavy atom. The summed E-state index contributed by atoms with van der Waals surface area (Å²) in [7, 11) is 0. The average molecular weight is 316 g/mol. The lowest BCUT2D eigenvalue weighted by molar-refractivity contribution is -0.115. The van der Waals surface area contributed by atoms with Crippen LogP contribution in [0, 0.1) is 0 Å². The van der Waals surface area contributed by atoms with Gasteiger partial charge in [0.05, 0.1) is 6.54 Å². The van der Waals surface area contributed by atoms with Gasteiger partial charge in [-0.25, -0.2) is 0 Å². The van der Waals surface area contributed by atoms with Gasteiger partial charge in [-0.2, -0.15) is 0 Å². The molecule has 1 aliphatic heterocycles. The molecule has 5 heteroatoms. The van der Waals surface area contributed by atoms with Crippen LogP contribution in [0.3, 0.4) is 0 Å². The largest absolute Gasteiger partial charge is 0.326 e. The van der Waals surface area contributed by atoms with Crippen LogP contribution in [0.4, 0.5) is 5.69 Å². The number of benzene rings is 2. The molecule has 2 aromatic carbocycles. The molecule has 0 atom stereocenters.